The maximum atomic E-state index is 13.1. The average molecular weight is 455 g/mol. The Morgan fingerprint density at radius 1 is 1.00 bits per heavy atom. The molecule has 7 nitrogen and oxygen atoms in total. The number of carbonyl (C=O) groups excluding carboxylic acids is 1. The summed E-state index contributed by atoms with van der Waals surface area (Å²) in [6.07, 6.45) is -0.212. The molecule has 32 heavy (non-hydrogen) atoms. The first-order valence-electron chi connectivity index (χ1n) is 11.1. The molecule has 0 bridgehead atoms. The second-order valence-corrected chi connectivity index (χ2v) is 10.5. The van der Waals surface area contributed by atoms with Crippen molar-refractivity contribution >= 4 is 29.3 Å². The van der Waals surface area contributed by atoms with Crippen LogP contribution in [0.2, 0.25) is 0 Å². The van der Waals surface area contributed by atoms with Crippen LogP contribution in [0.1, 0.15) is 12.5 Å². The Labute approximate surface area is 191 Å². The molecular weight excluding hydrogens is 425 g/mol. The predicted molar refractivity (Wildman–Crippen MR) is 126 cm³/mol. The molecule has 0 spiro atoms. The molecule has 2 heterocycles. The summed E-state index contributed by atoms with van der Waals surface area (Å²) in [4.78, 5) is 16.7. The number of esters is 1. The summed E-state index contributed by atoms with van der Waals surface area (Å²) < 4.78 is 33.5. The minimum Gasteiger partial charge on any atom is -0.459 e. The van der Waals surface area contributed by atoms with Gasteiger partial charge in [-0.2, -0.15) is 4.31 Å². The third-order valence-corrected chi connectivity index (χ3v) is 8.39. The number of piperazine rings is 1. The average Bonchev–Trinajstić information content (AvgIpc) is 3.16. The van der Waals surface area contributed by atoms with Crippen LogP contribution in [0.5, 0.6) is 0 Å². The van der Waals surface area contributed by atoms with Gasteiger partial charge in [0.1, 0.15) is 14.0 Å². The minimum absolute atomic E-state index is 0.0610. The number of rotatable bonds is 6. The van der Waals surface area contributed by atoms with E-state index in [9.17, 15) is 13.2 Å². The number of hydrogen-bond donors (Lipinski definition) is 0. The van der Waals surface area contributed by atoms with Crippen molar-refractivity contribution in [1.29, 1.82) is 0 Å². The van der Waals surface area contributed by atoms with E-state index >= 15 is 0 Å². The summed E-state index contributed by atoms with van der Waals surface area (Å²) in [5.74, 6) is -0.276. The number of benzene rings is 2. The minimum atomic E-state index is -3.51. The molecule has 0 N–H and O–H groups in total. The van der Waals surface area contributed by atoms with Crippen LogP contribution in [0.15, 0.2) is 59.5 Å². The Morgan fingerprint density at radius 3 is 2.31 bits per heavy atom. The Balaban J connectivity index is 1.42. The molecule has 0 saturated carbocycles. The van der Waals surface area contributed by atoms with E-state index in [0.29, 0.717) is 37.6 Å². The van der Waals surface area contributed by atoms with Crippen molar-refractivity contribution in [3.05, 3.63) is 60.2 Å². The molecule has 4 rings (SSSR count). The van der Waals surface area contributed by atoms with Gasteiger partial charge >= 0.3 is 5.97 Å². The Hall–Kier alpha value is -2.20. The van der Waals surface area contributed by atoms with Crippen molar-refractivity contribution in [2.75, 3.05) is 39.3 Å². The summed E-state index contributed by atoms with van der Waals surface area (Å²) in [6.45, 7) is 5.81. The maximum Gasteiger partial charge on any atom is 0.303 e. The molecule has 9 heteroatoms. The maximum absolute atomic E-state index is 13.1. The van der Waals surface area contributed by atoms with Gasteiger partial charge in [-0.25, -0.2) is 8.42 Å². The van der Waals surface area contributed by atoms with Gasteiger partial charge in [-0.15, -0.1) is 0 Å². The summed E-state index contributed by atoms with van der Waals surface area (Å²) in [5.41, 5.74) is 1.99. The molecule has 0 aromatic heterocycles. The van der Waals surface area contributed by atoms with E-state index in [1.54, 1.807) is 16.4 Å². The van der Waals surface area contributed by atoms with E-state index in [2.05, 4.69) is 21.9 Å². The van der Waals surface area contributed by atoms with Crippen molar-refractivity contribution < 1.29 is 17.9 Å². The Bertz CT molecular complexity index is 1040. The van der Waals surface area contributed by atoms with Crippen LogP contribution in [0.25, 0.3) is 0 Å². The first-order valence-corrected chi connectivity index (χ1v) is 12.5. The molecule has 170 valence electrons. The zero-order valence-electron chi connectivity index (χ0n) is 18.7. The van der Waals surface area contributed by atoms with Crippen LogP contribution in [-0.4, -0.2) is 87.8 Å². The Morgan fingerprint density at radius 2 is 1.66 bits per heavy atom. The van der Waals surface area contributed by atoms with E-state index in [1.165, 1.54) is 12.5 Å². The van der Waals surface area contributed by atoms with Gasteiger partial charge in [0.25, 0.3) is 0 Å². The number of likely N-dealkylation sites (tertiary alicyclic amines) is 1. The molecule has 2 aliphatic rings. The molecule has 2 saturated heterocycles. The fraction of sp³-hybridized carbons (Fsp3) is 0.435. The van der Waals surface area contributed by atoms with Crippen LogP contribution in [0.4, 0.5) is 0 Å². The van der Waals surface area contributed by atoms with Gasteiger partial charge in [0.15, 0.2) is 0 Å². The molecule has 2 aromatic carbocycles. The largest absolute Gasteiger partial charge is 0.459 e. The van der Waals surface area contributed by atoms with Gasteiger partial charge in [0.2, 0.25) is 10.0 Å². The molecular formula is C23H30BN3O4S. The number of sulfonamides is 1. The molecule has 2 atom stereocenters. The summed E-state index contributed by atoms with van der Waals surface area (Å²) in [7, 11) is -1.69. The third-order valence-electron chi connectivity index (χ3n) is 6.33. The van der Waals surface area contributed by atoms with Crippen molar-refractivity contribution in [2.45, 2.75) is 30.5 Å². The van der Waals surface area contributed by atoms with E-state index in [1.807, 2.05) is 38.2 Å². The highest BCUT2D eigenvalue weighted by Gasteiger charge is 2.41. The highest BCUT2D eigenvalue weighted by molar-refractivity contribution is 7.89. The van der Waals surface area contributed by atoms with Gasteiger partial charge in [-0.05, 0) is 11.6 Å². The van der Waals surface area contributed by atoms with Gasteiger partial charge in [0, 0.05) is 52.7 Å². The Kier molecular flexibility index (Phi) is 7.00. The topological polar surface area (TPSA) is 70.2 Å². The van der Waals surface area contributed by atoms with E-state index in [0.717, 1.165) is 18.6 Å². The first kappa shape index (κ1) is 23.0. The van der Waals surface area contributed by atoms with Crippen molar-refractivity contribution in [2.24, 2.45) is 0 Å². The van der Waals surface area contributed by atoms with Gasteiger partial charge in [-0.3, -0.25) is 14.6 Å². The highest BCUT2D eigenvalue weighted by Crippen LogP contribution is 2.24. The first-order chi connectivity index (χ1) is 15.3. The highest BCUT2D eigenvalue weighted by atomic mass is 32.2. The van der Waals surface area contributed by atoms with Crippen LogP contribution in [0.3, 0.4) is 0 Å². The van der Waals surface area contributed by atoms with Crippen LogP contribution < -0.4 is 5.46 Å². The van der Waals surface area contributed by atoms with Crippen molar-refractivity contribution in [1.82, 2.24) is 14.1 Å². The number of carbonyl (C=O) groups is 1. The van der Waals surface area contributed by atoms with E-state index < -0.39 is 10.0 Å². The lowest BCUT2D eigenvalue weighted by molar-refractivity contribution is -0.148. The monoisotopic (exact) mass is 455 g/mol. The fourth-order valence-corrected chi connectivity index (χ4v) is 6.39. The molecule has 0 radical (unpaired) electrons. The molecule has 0 unspecified atom stereocenters. The lowest BCUT2D eigenvalue weighted by atomic mass is 9.97. The van der Waals surface area contributed by atoms with Crippen molar-refractivity contribution in [3.63, 3.8) is 0 Å². The van der Waals surface area contributed by atoms with Gasteiger partial charge < -0.3 is 4.74 Å². The lowest BCUT2D eigenvalue weighted by Crippen LogP contribution is -2.55. The molecule has 2 aromatic rings. The lowest BCUT2D eigenvalue weighted by Gasteiger charge is -2.38. The number of ether oxygens (including phenoxy) is 1. The number of hydrogen-bond acceptors (Lipinski definition) is 6. The zero-order chi connectivity index (χ0) is 22.7. The standard InChI is InChI=1S/C23H30BN3O4S/c1-18(28)31-22-17-25(15-19-7-3-2-4-8-19)16-21(22)26-11-13-27(14-12-26)32(29,30)23-10-6-5-9-20(23)24/h2-10,21-22H,11-17,24H2,1H3/t21-,22-/m1/s1. The van der Waals surface area contributed by atoms with Crippen molar-refractivity contribution in [3.8, 4) is 0 Å². The SMILES string of the molecule is Bc1ccccc1S(=O)(=O)N1CCN([C@@H]2CN(Cc3ccccc3)C[C@H]2OC(C)=O)CC1. The predicted octanol–water partition coefficient (Wildman–Crippen LogP) is 0.0674. The van der Waals surface area contributed by atoms with E-state index in [4.69, 9.17) is 4.74 Å². The van der Waals surface area contributed by atoms with Crippen LogP contribution in [-0.2, 0) is 26.1 Å². The normalized spacial score (nSPS) is 23.3. The summed E-state index contributed by atoms with van der Waals surface area (Å²) in [6, 6.07) is 17.4. The van der Waals surface area contributed by atoms with Gasteiger partial charge in [0.05, 0.1) is 10.9 Å². The van der Waals surface area contributed by atoms with E-state index in [-0.39, 0.29) is 18.1 Å². The zero-order valence-corrected chi connectivity index (χ0v) is 19.5. The second-order valence-electron chi connectivity index (χ2n) is 8.60. The molecule has 2 fully saturated rings. The second kappa shape index (κ2) is 9.74. The molecule has 0 amide bonds. The van der Waals surface area contributed by atoms with Gasteiger partial charge in [-0.1, -0.05) is 54.0 Å². The smallest absolute Gasteiger partial charge is 0.303 e. The van der Waals surface area contributed by atoms with Crippen LogP contribution >= 0.6 is 0 Å². The summed E-state index contributed by atoms with van der Waals surface area (Å²) >= 11 is 0. The third kappa shape index (κ3) is 5.06. The quantitative estimate of drug-likeness (QED) is 0.454. The molecule has 0 aliphatic carbocycles. The molecule has 2 aliphatic heterocycles. The van der Waals surface area contributed by atoms with Crippen LogP contribution in [0, 0.1) is 0 Å². The number of nitrogens with zero attached hydrogens (tertiary/aromatic N) is 3. The fourth-order valence-electron chi connectivity index (χ4n) is 4.74. The summed E-state index contributed by atoms with van der Waals surface area (Å²) in [5, 5.41) is 0.